The first-order chi connectivity index (χ1) is 4.25. The first-order valence-corrected chi connectivity index (χ1v) is 3.94. The second-order valence-corrected chi connectivity index (χ2v) is 3.23. The highest BCUT2D eigenvalue weighted by Gasteiger charge is 2.05. The van der Waals surface area contributed by atoms with E-state index in [1.54, 1.807) is 5.38 Å². The van der Waals surface area contributed by atoms with Gasteiger partial charge in [0, 0.05) is 5.38 Å². The molecule has 0 aliphatic heterocycles. The Labute approximate surface area is 60.8 Å². The lowest BCUT2D eigenvalue weighted by Gasteiger charge is -1.89. The van der Waals surface area contributed by atoms with Crippen LogP contribution < -0.4 is 10.9 Å². The molecule has 0 aromatic carbocycles. The lowest BCUT2D eigenvalue weighted by molar-refractivity contribution is 0.470. The zero-order valence-corrected chi connectivity index (χ0v) is 6.13. The minimum Gasteiger partial charge on any atom is -0.504 e. The van der Waals surface area contributed by atoms with Gasteiger partial charge < -0.3 is 10.8 Å². The van der Waals surface area contributed by atoms with E-state index in [0.29, 0.717) is 9.90 Å². The minimum absolute atomic E-state index is 0.104. The van der Waals surface area contributed by atoms with Crippen molar-refractivity contribution in [3.8, 4) is 5.75 Å². The molecule has 0 amide bonds. The van der Waals surface area contributed by atoms with Gasteiger partial charge in [-0.15, -0.1) is 11.3 Å². The second-order valence-electron chi connectivity index (χ2n) is 1.44. The molecule has 0 spiro atoms. The van der Waals surface area contributed by atoms with Crippen LogP contribution >= 0.6 is 23.3 Å². The quantitative estimate of drug-likeness (QED) is 0.539. The van der Waals surface area contributed by atoms with Crippen molar-refractivity contribution in [3.05, 3.63) is 5.38 Å². The number of nitrogen functional groups attached to an aromatic ring is 1. The van der Waals surface area contributed by atoms with Crippen LogP contribution in [0.2, 0.25) is 0 Å². The van der Waals surface area contributed by atoms with Gasteiger partial charge in [-0.05, 0) is 11.9 Å². The monoisotopic (exact) mass is 162 g/mol. The van der Waals surface area contributed by atoms with Crippen molar-refractivity contribution in [2.24, 2.45) is 5.14 Å². The molecular weight excluding hydrogens is 156 g/mol. The van der Waals surface area contributed by atoms with Crippen LogP contribution in [0.1, 0.15) is 0 Å². The highest BCUT2D eigenvalue weighted by molar-refractivity contribution is 7.99. The van der Waals surface area contributed by atoms with Crippen molar-refractivity contribution in [3.63, 3.8) is 0 Å². The van der Waals surface area contributed by atoms with Gasteiger partial charge in [-0.2, -0.15) is 0 Å². The maximum absolute atomic E-state index is 9.02. The first kappa shape index (κ1) is 6.73. The summed E-state index contributed by atoms with van der Waals surface area (Å²) in [6.07, 6.45) is 0. The van der Waals surface area contributed by atoms with Gasteiger partial charge in [0.15, 0.2) is 5.75 Å². The molecule has 50 valence electrons. The maximum Gasteiger partial charge on any atom is 0.164 e. The van der Waals surface area contributed by atoms with E-state index in [1.165, 1.54) is 11.3 Å². The minimum atomic E-state index is 0.104. The highest BCUT2D eigenvalue weighted by atomic mass is 32.2. The average molecular weight is 162 g/mol. The molecule has 0 aliphatic rings. The fourth-order valence-corrected chi connectivity index (χ4v) is 1.60. The molecule has 3 nitrogen and oxygen atoms in total. The van der Waals surface area contributed by atoms with E-state index < -0.39 is 0 Å². The Morgan fingerprint density at radius 2 is 2.33 bits per heavy atom. The predicted molar refractivity (Wildman–Crippen MR) is 40.4 cm³/mol. The zero-order chi connectivity index (χ0) is 6.85. The highest BCUT2D eigenvalue weighted by Crippen LogP contribution is 2.36. The Morgan fingerprint density at radius 3 is 2.56 bits per heavy atom. The third-order valence-corrected chi connectivity index (χ3v) is 2.63. The van der Waals surface area contributed by atoms with Gasteiger partial charge in [-0.25, -0.2) is 0 Å². The van der Waals surface area contributed by atoms with Crippen LogP contribution in [-0.2, 0) is 0 Å². The molecule has 0 fully saturated rings. The molecule has 5 N–H and O–H groups in total. The van der Waals surface area contributed by atoms with E-state index in [1.807, 2.05) is 0 Å². The van der Waals surface area contributed by atoms with E-state index in [0.717, 1.165) is 11.9 Å². The molecule has 9 heavy (non-hydrogen) atoms. The van der Waals surface area contributed by atoms with Crippen LogP contribution in [0.4, 0.5) is 5.69 Å². The van der Waals surface area contributed by atoms with E-state index in [-0.39, 0.29) is 5.75 Å². The van der Waals surface area contributed by atoms with Crippen molar-refractivity contribution in [2.45, 2.75) is 4.21 Å². The van der Waals surface area contributed by atoms with Crippen molar-refractivity contribution in [2.75, 3.05) is 5.73 Å². The fraction of sp³-hybridized carbons (Fsp3) is 0. The van der Waals surface area contributed by atoms with Gasteiger partial charge in [0.1, 0.15) is 4.21 Å². The van der Waals surface area contributed by atoms with E-state index >= 15 is 0 Å². The van der Waals surface area contributed by atoms with Gasteiger partial charge in [0.05, 0.1) is 5.69 Å². The van der Waals surface area contributed by atoms with Gasteiger partial charge in [0.2, 0.25) is 0 Å². The lowest BCUT2D eigenvalue weighted by Crippen LogP contribution is -1.80. The summed E-state index contributed by atoms with van der Waals surface area (Å²) in [4.78, 5) is 0. The molecule has 1 aromatic heterocycles. The SMILES string of the molecule is NSc1scc(N)c1O. The number of thiophene rings is 1. The van der Waals surface area contributed by atoms with Crippen LogP contribution in [0.15, 0.2) is 9.59 Å². The van der Waals surface area contributed by atoms with Gasteiger partial charge in [-0.1, -0.05) is 0 Å². The molecule has 0 atom stereocenters. The van der Waals surface area contributed by atoms with E-state index in [2.05, 4.69) is 0 Å². The maximum atomic E-state index is 9.02. The number of nitrogens with two attached hydrogens (primary N) is 2. The Balaban J connectivity index is 3.04. The van der Waals surface area contributed by atoms with E-state index in [4.69, 9.17) is 16.0 Å². The summed E-state index contributed by atoms with van der Waals surface area (Å²) in [5, 5.41) is 15.9. The fourth-order valence-electron chi connectivity index (χ4n) is 0.430. The van der Waals surface area contributed by atoms with Gasteiger partial charge in [-0.3, -0.25) is 5.14 Å². The number of anilines is 1. The number of hydrogen-bond donors (Lipinski definition) is 3. The molecule has 0 saturated heterocycles. The molecule has 1 aromatic rings. The third kappa shape index (κ3) is 1.12. The zero-order valence-electron chi connectivity index (χ0n) is 4.50. The van der Waals surface area contributed by atoms with Crippen molar-refractivity contribution >= 4 is 29.0 Å². The second kappa shape index (κ2) is 2.47. The number of rotatable bonds is 1. The topological polar surface area (TPSA) is 72.3 Å². The molecule has 0 saturated carbocycles. The molecule has 1 heterocycles. The smallest absolute Gasteiger partial charge is 0.164 e. The normalized spacial score (nSPS) is 9.89. The summed E-state index contributed by atoms with van der Waals surface area (Å²) in [6.45, 7) is 0. The standard InChI is InChI=1S/C4H6N2OS2/c5-2-1-8-4(9-6)3(2)7/h1,7H,5-6H2. The Morgan fingerprint density at radius 1 is 1.67 bits per heavy atom. The van der Waals surface area contributed by atoms with Crippen LogP contribution in [0.3, 0.4) is 0 Å². The Kier molecular flexibility index (Phi) is 1.84. The summed E-state index contributed by atoms with van der Waals surface area (Å²) in [7, 11) is 0. The summed E-state index contributed by atoms with van der Waals surface area (Å²) in [5.74, 6) is 0.104. The van der Waals surface area contributed by atoms with Crippen LogP contribution in [0.25, 0.3) is 0 Å². The van der Waals surface area contributed by atoms with Gasteiger partial charge in [0.25, 0.3) is 0 Å². The first-order valence-electron chi connectivity index (χ1n) is 2.18. The molecule has 5 heteroatoms. The third-order valence-electron chi connectivity index (χ3n) is 0.867. The number of hydrogen-bond acceptors (Lipinski definition) is 5. The lowest BCUT2D eigenvalue weighted by atomic mass is 10.5. The largest absolute Gasteiger partial charge is 0.504 e. The molecule has 0 unspecified atom stereocenters. The van der Waals surface area contributed by atoms with E-state index in [9.17, 15) is 0 Å². The van der Waals surface area contributed by atoms with Crippen LogP contribution in [0, 0.1) is 0 Å². The summed E-state index contributed by atoms with van der Waals surface area (Å²) in [6, 6.07) is 0. The Hall–Kier alpha value is -0.390. The van der Waals surface area contributed by atoms with Crippen molar-refractivity contribution in [1.29, 1.82) is 0 Å². The number of aromatic hydroxyl groups is 1. The average Bonchev–Trinajstić information content (AvgIpc) is 2.15. The van der Waals surface area contributed by atoms with Gasteiger partial charge >= 0.3 is 0 Å². The molecule has 1 rings (SSSR count). The van der Waals surface area contributed by atoms with Crippen molar-refractivity contribution < 1.29 is 5.11 Å². The molecule has 0 aliphatic carbocycles. The van der Waals surface area contributed by atoms with Crippen LogP contribution in [0.5, 0.6) is 5.75 Å². The molecule has 0 bridgehead atoms. The summed E-state index contributed by atoms with van der Waals surface area (Å²) >= 11 is 2.34. The molecular formula is C4H6N2OS2. The predicted octanol–water partition coefficient (Wildman–Crippen LogP) is 1.00. The van der Waals surface area contributed by atoms with Crippen molar-refractivity contribution in [1.82, 2.24) is 0 Å². The molecule has 0 radical (unpaired) electrons. The summed E-state index contributed by atoms with van der Waals surface area (Å²) < 4.78 is 0.660. The summed E-state index contributed by atoms with van der Waals surface area (Å²) in [5.41, 5.74) is 5.70. The van der Waals surface area contributed by atoms with Crippen LogP contribution in [-0.4, -0.2) is 5.11 Å². The Bertz CT molecular complexity index is 210.